The van der Waals surface area contributed by atoms with Gasteiger partial charge in [0.2, 0.25) is 0 Å². The van der Waals surface area contributed by atoms with E-state index in [1.165, 1.54) is 44.2 Å². The lowest BCUT2D eigenvalue weighted by atomic mass is 9.87. The van der Waals surface area contributed by atoms with E-state index in [-0.39, 0.29) is 6.10 Å². The van der Waals surface area contributed by atoms with Gasteiger partial charge in [-0.05, 0) is 46.1 Å². The van der Waals surface area contributed by atoms with Gasteiger partial charge in [0.15, 0.2) is 0 Å². The van der Waals surface area contributed by atoms with Gasteiger partial charge in [-0.2, -0.15) is 0 Å². The second kappa shape index (κ2) is 6.01. The molecule has 0 spiro atoms. The number of nitrogens with zero attached hydrogens (tertiary/aromatic N) is 1. The van der Waals surface area contributed by atoms with Crippen LogP contribution in [-0.4, -0.2) is 35.2 Å². The predicted molar refractivity (Wildman–Crippen MR) is 72.0 cm³/mol. The third-order valence-electron chi connectivity index (χ3n) is 4.42. The van der Waals surface area contributed by atoms with Crippen molar-refractivity contribution in [1.82, 2.24) is 4.90 Å². The maximum absolute atomic E-state index is 10.1. The summed E-state index contributed by atoms with van der Waals surface area (Å²) in [5.41, 5.74) is 1.40. The van der Waals surface area contributed by atoms with Crippen molar-refractivity contribution in [3.63, 3.8) is 0 Å². The number of likely N-dealkylation sites (tertiary alicyclic amines) is 1. The maximum atomic E-state index is 10.1. The molecular weight excluding hydrogens is 210 g/mol. The first-order valence-corrected chi connectivity index (χ1v) is 7.24. The minimum Gasteiger partial charge on any atom is -0.393 e. The Bertz CT molecular complexity index is 270. The highest BCUT2D eigenvalue weighted by molar-refractivity contribution is 4.98. The molecule has 1 saturated heterocycles. The minimum absolute atomic E-state index is 0.0349. The molecule has 0 amide bonds. The van der Waals surface area contributed by atoms with E-state index in [1.54, 1.807) is 0 Å². The summed E-state index contributed by atoms with van der Waals surface area (Å²) < 4.78 is 0. The lowest BCUT2D eigenvalue weighted by Gasteiger charge is -2.40. The minimum atomic E-state index is -0.0349. The van der Waals surface area contributed by atoms with Crippen LogP contribution in [0.4, 0.5) is 0 Å². The van der Waals surface area contributed by atoms with Crippen LogP contribution in [-0.2, 0) is 0 Å². The van der Waals surface area contributed by atoms with Gasteiger partial charge in [-0.1, -0.05) is 24.5 Å². The van der Waals surface area contributed by atoms with Gasteiger partial charge in [-0.25, -0.2) is 0 Å². The summed E-state index contributed by atoms with van der Waals surface area (Å²) in [6.45, 7) is 6.64. The van der Waals surface area contributed by atoms with E-state index in [1.807, 2.05) is 0 Å². The SMILES string of the molecule is CC(C)=CCN1CCCCC1C1CCCC1O. The van der Waals surface area contributed by atoms with Crippen LogP contribution >= 0.6 is 0 Å². The summed E-state index contributed by atoms with van der Waals surface area (Å²) in [4.78, 5) is 2.61. The van der Waals surface area contributed by atoms with Gasteiger partial charge >= 0.3 is 0 Å². The molecule has 1 heterocycles. The molecule has 2 aliphatic rings. The van der Waals surface area contributed by atoms with Crippen LogP contribution in [0.15, 0.2) is 11.6 Å². The first kappa shape index (κ1) is 13.1. The van der Waals surface area contributed by atoms with Crippen LogP contribution in [0.5, 0.6) is 0 Å². The molecule has 0 aromatic rings. The Balaban J connectivity index is 1.98. The molecule has 0 aromatic carbocycles. The van der Waals surface area contributed by atoms with Gasteiger partial charge in [0.1, 0.15) is 0 Å². The Morgan fingerprint density at radius 1 is 1.18 bits per heavy atom. The van der Waals surface area contributed by atoms with Gasteiger partial charge in [0, 0.05) is 18.5 Å². The molecule has 3 unspecified atom stereocenters. The van der Waals surface area contributed by atoms with E-state index in [9.17, 15) is 5.11 Å². The number of piperidine rings is 1. The fourth-order valence-corrected chi connectivity index (χ4v) is 3.45. The Morgan fingerprint density at radius 3 is 2.65 bits per heavy atom. The van der Waals surface area contributed by atoms with Crippen LogP contribution in [0.3, 0.4) is 0 Å². The van der Waals surface area contributed by atoms with E-state index < -0.39 is 0 Å². The molecule has 2 nitrogen and oxygen atoms in total. The van der Waals surface area contributed by atoms with Crippen LogP contribution in [0.25, 0.3) is 0 Å². The number of rotatable bonds is 3. The number of hydrogen-bond acceptors (Lipinski definition) is 2. The average molecular weight is 237 g/mol. The topological polar surface area (TPSA) is 23.5 Å². The zero-order valence-corrected chi connectivity index (χ0v) is 11.4. The first-order valence-electron chi connectivity index (χ1n) is 7.24. The van der Waals surface area contributed by atoms with Crippen LogP contribution < -0.4 is 0 Å². The van der Waals surface area contributed by atoms with E-state index in [0.29, 0.717) is 12.0 Å². The second-order valence-electron chi connectivity index (χ2n) is 6.00. The molecule has 1 saturated carbocycles. The van der Waals surface area contributed by atoms with Gasteiger partial charge in [-0.3, -0.25) is 4.90 Å². The monoisotopic (exact) mass is 237 g/mol. The van der Waals surface area contributed by atoms with Gasteiger partial charge in [-0.15, -0.1) is 0 Å². The Labute approximate surface area is 106 Å². The van der Waals surface area contributed by atoms with Crippen molar-refractivity contribution in [3.05, 3.63) is 11.6 Å². The van der Waals surface area contributed by atoms with Crippen molar-refractivity contribution in [2.24, 2.45) is 5.92 Å². The van der Waals surface area contributed by atoms with E-state index in [0.717, 1.165) is 13.0 Å². The van der Waals surface area contributed by atoms with Crippen molar-refractivity contribution in [2.75, 3.05) is 13.1 Å². The molecule has 3 atom stereocenters. The lowest BCUT2D eigenvalue weighted by molar-refractivity contribution is 0.0416. The third kappa shape index (κ3) is 3.32. The summed E-state index contributed by atoms with van der Waals surface area (Å²) in [5.74, 6) is 0.542. The lowest BCUT2D eigenvalue weighted by Crippen LogP contribution is -2.46. The molecular formula is C15H27NO. The van der Waals surface area contributed by atoms with E-state index in [2.05, 4.69) is 24.8 Å². The van der Waals surface area contributed by atoms with Gasteiger partial charge in [0.25, 0.3) is 0 Å². The number of allylic oxidation sites excluding steroid dienone is 1. The van der Waals surface area contributed by atoms with Crippen molar-refractivity contribution in [3.8, 4) is 0 Å². The summed E-state index contributed by atoms with van der Waals surface area (Å²) in [6.07, 6.45) is 9.74. The van der Waals surface area contributed by atoms with Crippen LogP contribution in [0.1, 0.15) is 52.4 Å². The molecule has 1 N–H and O–H groups in total. The molecule has 1 aliphatic heterocycles. The molecule has 0 radical (unpaired) electrons. The fraction of sp³-hybridized carbons (Fsp3) is 0.867. The van der Waals surface area contributed by atoms with Crippen molar-refractivity contribution in [1.29, 1.82) is 0 Å². The quantitative estimate of drug-likeness (QED) is 0.763. The molecule has 0 aromatic heterocycles. The number of aliphatic hydroxyl groups is 1. The highest BCUT2D eigenvalue weighted by Crippen LogP contribution is 2.35. The largest absolute Gasteiger partial charge is 0.393 e. The first-order chi connectivity index (χ1) is 8.18. The zero-order chi connectivity index (χ0) is 12.3. The molecule has 0 bridgehead atoms. The molecule has 2 heteroatoms. The number of aliphatic hydroxyl groups excluding tert-OH is 1. The summed E-state index contributed by atoms with van der Waals surface area (Å²) in [5, 5.41) is 10.1. The summed E-state index contributed by atoms with van der Waals surface area (Å²) in [6, 6.07) is 0.636. The van der Waals surface area contributed by atoms with Crippen molar-refractivity contribution < 1.29 is 5.11 Å². The van der Waals surface area contributed by atoms with E-state index >= 15 is 0 Å². The Hall–Kier alpha value is -0.340. The van der Waals surface area contributed by atoms with Gasteiger partial charge < -0.3 is 5.11 Å². The molecule has 98 valence electrons. The third-order valence-corrected chi connectivity index (χ3v) is 4.42. The highest BCUT2D eigenvalue weighted by atomic mass is 16.3. The number of hydrogen-bond donors (Lipinski definition) is 1. The second-order valence-corrected chi connectivity index (χ2v) is 6.00. The molecule has 17 heavy (non-hydrogen) atoms. The standard InChI is InChI=1S/C15H27NO/c1-12(2)9-11-16-10-4-3-7-14(16)13-6-5-8-15(13)17/h9,13-15,17H,3-8,10-11H2,1-2H3. The Kier molecular flexibility index (Phi) is 4.63. The zero-order valence-electron chi connectivity index (χ0n) is 11.4. The molecule has 1 aliphatic carbocycles. The highest BCUT2D eigenvalue weighted by Gasteiger charge is 2.36. The van der Waals surface area contributed by atoms with E-state index in [4.69, 9.17) is 0 Å². The van der Waals surface area contributed by atoms with Crippen molar-refractivity contribution >= 4 is 0 Å². The molecule has 2 fully saturated rings. The smallest absolute Gasteiger partial charge is 0.0583 e. The predicted octanol–water partition coefficient (Wildman–Crippen LogP) is 2.97. The van der Waals surface area contributed by atoms with Crippen LogP contribution in [0.2, 0.25) is 0 Å². The Morgan fingerprint density at radius 2 is 2.00 bits per heavy atom. The maximum Gasteiger partial charge on any atom is 0.0583 e. The molecule has 2 rings (SSSR count). The normalized spacial score (nSPS) is 34.9. The fourth-order valence-electron chi connectivity index (χ4n) is 3.45. The van der Waals surface area contributed by atoms with Crippen molar-refractivity contribution in [2.45, 2.75) is 64.5 Å². The average Bonchev–Trinajstić information content (AvgIpc) is 2.73. The van der Waals surface area contributed by atoms with Crippen LogP contribution in [0, 0.1) is 5.92 Å². The summed E-state index contributed by atoms with van der Waals surface area (Å²) in [7, 11) is 0. The summed E-state index contributed by atoms with van der Waals surface area (Å²) >= 11 is 0. The van der Waals surface area contributed by atoms with Gasteiger partial charge in [0.05, 0.1) is 6.10 Å².